The van der Waals surface area contributed by atoms with Crippen molar-refractivity contribution in [1.82, 2.24) is 20.1 Å². The number of aromatic nitrogens is 3. The molecule has 0 aliphatic carbocycles. The van der Waals surface area contributed by atoms with Gasteiger partial charge in [-0.3, -0.25) is 9.67 Å². The highest BCUT2D eigenvalue weighted by molar-refractivity contribution is 5.14. The summed E-state index contributed by atoms with van der Waals surface area (Å²) in [4.78, 5) is 4.45. The van der Waals surface area contributed by atoms with E-state index in [-0.39, 0.29) is 0 Å². The molecule has 2 aromatic heterocycles. The highest BCUT2D eigenvalue weighted by atomic mass is 15.3. The Labute approximate surface area is 102 Å². The summed E-state index contributed by atoms with van der Waals surface area (Å²) in [6.45, 7) is 6.74. The van der Waals surface area contributed by atoms with E-state index in [9.17, 15) is 0 Å². The molecule has 90 valence electrons. The molecule has 2 heterocycles. The Hall–Kier alpha value is -1.68. The third kappa shape index (κ3) is 3.14. The SMILES string of the molecule is CCNCc1ccc(Cn2nccc2C)nc1. The number of hydrogen-bond acceptors (Lipinski definition) is 3. The van der Waals surface area contributed by atoms with E-state index < -0.39 is 0 Å². The van der Waals surface area contributed by atoms with Gasteiger partial charge < -0.3 is 5.32 Å². The van der Waals surface area contributed by atoms with Crippen molar-refractivity contribution in [2.45, 2.75) is 26.9 Å². The number of aryl methyl sites for hydroxylation is 1. The van der Waals surface area contributed by atoms with Gasteiger partial charge in [0.2, 0.25) is 0 Å². The fraction of sp³-hybridized carbons (Fsp3) is 0.385. The number of nitrogens with zero attached hydrogens (tertiary/aromatic N) is 3. The molecule has 0 radical (unpaired) electrons. The van der Waals surface area contributed by atoms with Crippen LogP contribution in [0, 0.1) is 6.92 Å². The molecule has 4 nitrogen and oxygen atoms in total. The minimum atomic E-state index is 0.736. The normalized spacial score (nSPS) is 10.7. The monoisotopic (exact) mass is 230 g/mol. The van der Waals surface area contributed by atoms with Crippen molar-refractivity contribution < 1.29 is 0 Å². The Morgan fingerprint density at radius 2 is 2.18 bits per heavy atom. The lowest BCUT2D eigenvalue weighted by atomic mass is 10.2. The fourth-order valence-corrected chi connectivity index (χ4v) is 1.64. The summed E-state index contributed by atoms with van der Waals surface area (Å²) in [6.07, 6.45) is 3.74. The number of rotatable bonds is 5. The Morgan fingerprint density at radius 3 is 2.76 bits per heavy atom. The van der Waals surface area contributed by atoms with Gasteiger partial charge >= 0.3 is 0 Å². The van der Waals surface area contributed by atoms with Crippen LogP contribution in [0.5, 0.6) is 0 Å². The molecule has 4 heteroatoms. The first-order valence-electron chi connectivity index (χ1n) is 5.92. The molecule has 1 N–H and O–H groups in total. The number of hydrogen-bond donors (Lipinski definition) is 1. The van der Waals surface area contributed by atoms with Crippen molar-refractivity contribution in [1.29, 1.82) is 0 Å². The first kappa shape index (κ1) is 11.8. The lowest BCUT2D eigenvalue weighted by Crippen LogP contribution is -2.12. The molecule has 0 bridgehead atoms. The van der Waals surface area contributed by atoms with Crippen LogP contribution in [-0.2, 0) is 13.1 Å². The predicted molar refractivity (Wildman–Crippen MR) is 67.7 cm³/mol. The molecule has 0 aliphatic rings. The van der Waals surface area contributed by atoms with Crippen molar-refractivity contribution >= 4 is 0 Å². The molecule has 0 aromatic carbocycles. The second-order valence-corrected chi connectivity index (χ2v) is 4.07. The van der Waals surface area contributed by atoms with Crippen LogP contribution in [0.25, 0.3) is 0 Å². The van der Waals surface area contributed by atoms with Gasteiger partial charge in [0.25, 0.3) is 0 Å². The quantitative estimate of drug-likeness (QED) is 0.851. The van der Waals surface area contributed by atoms with Crippen LogP contribution in [-0.4, -0.2) is 21.3 Å². The summed E-state index contributed by atoms with van der Waals surface area (Å²) >= 11 is 0. The summed E-state index contributed by atoms with van der Waals surface area (Å²) in [5.74, 6) is 0. The van der Waals surface area contributed by atoms with Crippen LogP contribution in [0.2, 0.25) is 0 Å². The summed E-state index contributed by atoms with van der Waals surface area (Å²) < 4.78 is 1.95. The first-order chi connectivity index (χ1) is 8.29. The van der Waals surface area contributed by atoms with Gasteiger partial charge in [-0.1, -0.05) is 13.0 Å². The Bertz CT molecular complexity index is 459. The largest absolute Gasteiger partial charge is 0.313 e. The van der Waals surface area contributed by atoms with E-state index in [1.807, 2.05) is 30.1 Å². The molecule has 0 spiro atoms. The van der Waals surface area contributed by atoms with Crippen molar-refractivity contribution in [3.63, 3.8) is 0 Å². The molecule has 0 saturated carbocycles. The predicted octanol–water partition coefficient (Wildman–Crippen LogP) is 1.74. The van der Waals surface area contributed by atoms with Crippen LogP contribution in [0.1, 0.15) is 23.9 Å². The van der Waals surface area contributed by atoms with E-state index in [0.29, 0.717) is 0 Å². The topological polar surface area (TPSA) is 42.7 Å². The number of pyridine rings is 1. The van der Waals surface area contributed by atoms with Crippen LogP contribution in [0.4, 0.5) is 0 Å². The summed E-state index contributed by atoms with van der Waals surface area (Å²) in [5, 5.41) is 7.53. The van der Waals surface area contributed by atoms with Gasteiger partial charge in [-0.25, -0.2) is 0 Å². The number of nitrogens with one attached hydrogen (secondary N) is 1. The lowest BCUT2D eigenvalue weighted by molar-refractivity contribution is 0.650. The van der Waals surface area contributed by atoms with Gasteiger partial charge in [0.1, 0.15) is 0 Å². The Balaban J connectivity index is 2.01. The Kier molecular flexibility index (Phi) is 3.88. The lowest BCUT2D eigenvalue weighted by Gasteiger charge is -2.05. The molecule has 0 atom stereocenters. The second kappa shape index (κ2) is 5.59. The zero-order valence-corrected chi connectivity index (χ0v) is 10.3. The van der Waals surface area contributed by atoms with Crippen molar-refractivity contribution in [2.24, 2.45) is 0 Å². The average molecular weight is 230 g/mol. The molecule has 2 rings (SSSR count). The maximum atomic E-state index is 4.45. The molecule has 0 saturated heterocycles. The van der Waals surface area contributed by atoms with Crippen molar-refractivity contribution in [3.05, 3.63) is 47.5 Å². The van der Waals surface area contributed by atoms with Gasteiger partial charge in [0, 0.05) is 24.6 Å². The molecular formula is C13H18N4. The highest BCUT2D eigenvalue weighted by Gasteiger charge is 2.00. The van der Waals surface area contributed by atoms with Gasteiger partial charge in [0.05, 0.1) is 12.2 Å². The first-order valence-corrected chi connectivity index (χ1v) is 5.92. The standard InChI is InChI=1S/C13H18N4/c1-3-14-8-12-4-5-13(15-9-12)10-17-11(2)6-7-16-17/h4-7,9,14H,3,8,10H2,1-2H3. The smallest absolute Gasteiger partial charge is 0.0834 e. The van der Waals surface area contributed by atoms with Gasteiger partial charge in [-0.15, -0.1) is 0 Å². The zero-order valence-electron chi connectivity index (χ0n) is 10.3. The van der Waals surface area contributed by atoms with Crippen LogP contribution in [0.15, 0.2) is 30.6 Å². The highest BCUT2D eigenvalue weighted by Crippen LogP contribution is 2.04. The zero-order chi connectivity index (χ0) is 12.1. The van der Waals surface area contributed by atoms with E-state index in [2.05, 4.69) is 34.5 Å². The van der Waals surface area contributed by atoms with Crippen LogP contribution in [0.3, 0.4) is 0 Å². The van der Waals surface area contributed by atoms with Crippen molar-refractivity contribution in [2.75, 3.05) is 6.54 Å². The summed E-state index contributed by atoms with van der Waals surface area (Å²) in [7, 11) is 0. The molecular weight excluding hydrogens is 212 g/mol. The molecule has 17 heavy (non-hydrogen) atoms. The molecule has 0 amide bonds. The van der Waals surface area contributed by atoms with E-state index in [1.54, 1.807) is 0 Å². The average Bonchev–Trinajstić information content (AvgIpc) is 2.74. The van der Waals surface area contributed by atoms with Gasteiger partial charge in [-0.05, 0) is 31.2 Å². The third-order valence-electron chi connectivity index (χ3n) is 2.71. The second-order valence-electron chi connectivity index (χ2n) is 4.07. The van der Waals surface area contributed by atoms with Gasteiger partial charge in [-0.2, -0.15) is 5.10 Å². The molecule has 0 unspecified atom stereocenters. The van der Waals surface area contributed by atoms with E-state index >= 15 is 0 Å². The van der Waals surface area contributed by atoms with Crippen molar-refractivity contribution in [3.8, 4) is 0 Å². The van der Waals surface area contributed by atoms with Crippen LogP contribution < -0.4 is 5.32 Å². The minimum absolute atomic E-state index is 0.736. The minimum Gasteiger partial charge on any atom is -0.313 e. The molecule has 2 aromatic rings. The van der Waals surface area contributed by atoms with E-state index in [4.69, 9.17) is 0 Å². The molecule has 0 aliphatic heterocycles. The Morgan fingerprint density at radius 1 is 1.29 bits per heavy atom. The van der Waals surface area contributed by atoms with E-state index in [1.165, 1.54) is 5.56 Å². The van der Waals surface area contributed by atoms with E-state index in [0.717, 1.165) is 31.0 Å². The summed E-state index contributed by atoms with van der Waals surface area (Å²) in [5.41, 5.74) is 3.41. The molecule has 0 fully saturated rings. The fourth-order valence-electron chi connectivity index (χ4n) is 1.64. The maximum Gasteiger partial charge on any atom is 0.0834 e. The van der Waals surface area contributed by atoms with Crippen LogP contribution >= 0.6 is 0 Å². The van der Waals surface area contributed by atoms with Gasteiger partial charge in [0.15, 0.2) is 0 Å². The third-order valence-corrected chi connectivity index (χ3v) is 2.71. The maximum absolute atomic E-state index is 4.45. The summed E-state index contributed by atoms with van der Waals surface area (Å²) in [6, 6.07) is 6.18.